The molecule has 0 radical (unpaired) electrons. The molecule has 2 atom stereocenters. The number of benzene rings is 1. The van der Waals surface area contributed by atoms with Gasteiger partial charge in [0, 0.05) is 25.7 Å². The van der Waals surface area contributed by atoms with Gasteiger partial charge in [0.2, 0.25) is 5.91 Å². The van der Waals surface area contributed by atoms with Crippen LogP contribution in [-0.2, 0) is 14.9 Å². The largest absolute Gasteiger partial charge is 0.490 e. The van der Waals surface area contributed by atoms with Gasteiger partial charge in [-0.2, -0.15) is 0 Å². The molecular formula is C23H36N2O3. The van der Waals surface area contributed by atoms with E-state index in [9.17, 15) is 4.79 Å². The average molecular weight is 389 g/mol. The van der Waals surface area contributed by atoms with Gasteiger partial charge in [-0.15, -0.1) is 0 Å². The number of hydrogen-bond donors (Lipinski definition) is 1. The van der Waals surface area contributed by atoms with Gasteiger partial charge in [-0.3, -0.25) is 4.79 Å². The van der Waals surface area contributed by atoms with E-state index >= 15 is 0 Å². The van der Waals surface area contributed by atoms with Crippen LogP contribution in [0.4, 0.5) is 0 Å². The number of likely N-dealkylation sites (tertiary alicyclic amines) is 1. The number of carbonyl (C=O) groups is 1. The lowest BCUT2D eigenvalue weighted by Gasteiger charge is -2.44. The fraction of sp³-hybridized carbons (Fsp3) is 0.696. The zero-order valence-corrected chi connectivity index (χ0v) is 17.9. The van der Waals surface area contributed by atoms with Crippen molar-refractivity contribution in [1.29, 1.82) is 0 Å². The van der Waals surface area contributed by atoms with E-state index < -0.39 is 5.41 Å². The van der Waals surface area contributed by atoms with Crippen molar-refractivity contribution in [2.75, 3.05) is 19.7 Å². The summed E-state index contributed by atoms with van der Waals surface area (Å²) in [7, 11) is 0. The van der Waals surface area contributed by atoms with E-state index in [-0.39, 0.29) is 17.6 Å². The Bertz CT molecular complexity index is 667. The number of piperidine rings is 1. The van der Waals surface area contributed by atoms with Crippen LogP contribution in [0.1, 0.15) is 65.4 Å². The molecule has 2 heterocycles. The van der Waals surface area contributed by atoms with E-state index in [0.717, 1.165) is 43.7 Å². The first-order chi connectivity index (χ1) is 13.3. The second-order valence-corrected chi connectivity index (χ2v) is 9.00. The molecule has 0 aliphatic carbocycles. The second-order valence-electron chi connectivity index (χ2n) is 9.00. The molecule has 156 valence electrons. The SMILES string of the molecule is CCC1(C)CC(C(N)=O)(c2ccc(OC3CCN(C(C)C)CC3)cc2)CCO1. The summed E-state index contributed by atoms with van der Waals surface area (Å²) in [5.41, 5.74) is 5.91. The third kappa shape index (κ3) is 4.36. The number of primary amides is 1. The molecule has 5 nitrogen and oxygen atoms in total. The number of ether oxygens (including phenoxy) is 2. The van der Waals surface area contributed by atoms with Crippen LogP contribution >= 0.6 is 0 Å². The molecule has 2 saturated heterocycles. The lowest BCUT2D eigenvalue weighted by atomic mass is 9.68. The number of amides is 1. The van der Waals surface area contributed by atoms with Gasteiger partial charge in [-0.25, -0.2) is 0 Å². The summed E-state index contributed by atoms with van der Waals surface area (Å²) in [6, 6.07) is 8.62. The summed E-state index contributed by atoms with van der Waals surface area (Å²) in [4.78, 5) is 15.0. The maximum absolute atomic E-state index is 12.5. The Morgan fingerprint density at radius 1 is 1.29 bits per heavy atom. The van der Waals surface area contributed by atoms with Crippen LogP contribution in [0.2, 0.25) is 0 Å². The Morgan fingerprint density at radius 3 is 2.46 bits per heavy atom. The summed E-state index contributed by atoms with van der Waals surface area (Å²) in [6.45, 7) is 11.4. The number of nitrogens with zero attached hydrogens (tertiary/aromatic N) is 1. The third-order valence-corrected chi connectivity index (χ3v) is 6.79. The predicted octanol–water partition coefficient (Wildman–Crippen LogP) is 3.64. The number of hydrogen-bond acceptors (Lipinski definition) is 4. The van der Waals surface area contributed by atoms with E-state index in [1.165, 1.54) is 0 Å². The molecule has 5 heteroatoms. The molecule has 28 heavy (non-hydrogen) atoms. The number of nitrogens with two attached hydrogens (primary N) is 1. The Hall–Kier alpha value is -1.59. The standard InChI is InChI=1S/C23H36N2O3/c1-5-22(4)16-23(21(24)26,12-15-27-22)18-6-8-19(9-7-18)28-20-10-13-25(14-11-20)17(2)3/h6-9,17,20H,5,10-16H2,1-4H3,(H2,24,26). The molecule has 0 aromatic heterocycles. The van der Waals surface area contributed by atoms with Gasteiger partial charge < -0.3 is 20.1 Å². The summed E-state index contributed by atoms with van der Waals surface area (Å²) < 4.78 is 12.2. The van der Waals surface area contributed by atoms with Crippen molar-refractivity contribution in [2.24, 2.45) is 5.73 Å². The predicted molar refractivity (Wildman–Crippen MR) is 112 cm³/mol. The molecule has 2 aliphatic heterocycles. The fourth-order valence-corrected chi connectivity index (χ4v) is 4.63. The highest BCUT2D eigenvalue weighted by Crippen LogP contribution is 2.43. The van der Waals surface area contributed by atoms with E-state index in [2.05, 4.69) is 32.6 Å². The van der Waals surface area contributed by atoms with Crippen molar-refractivity contribution in [2.45, 2.75) is 83.0 Å². The van der Waals surface area contributed by atoms with E-state index in [1.807, 2.05) is 24.3 Å². The molecule has 2 N–H and O–H groups in total. The summed E-state index contributed by atoms with van der Waals surface area (Å²) in [5.74, 6) is 0.613. The first kappa shape index (κ1) is 21.1. The van der Waals surface area contributed by atoms with Crippen molar-refractivity contribution in [3.63, 3.8) is 0 Å². The molecule has 1 aromatic rings. The molecule has 3 rings (SSSR count). The Morgan fingerprint density at radius 2 is 1.93 bits per heavy atom. The highest BCUT2D eigenvalue weighted by Gasteiger charge is 2.47. The summed E-state index contributed by atoms with van der Waals surface area (Å²) in [5, 5.41) is 0. The maximum atomic E-state index is 12.5. The highest BCUT2D eigenvalue weighted by atomic mass is 16.5. The van der Waals surface area contributed by atoms with Gasteiger partial charge in [0.15, 0.2) is 0 Å². The normalized spacial score (nSPS) is 29.8. The molecule has 2 aliphatic rings. The van der Waals surface area contributed by atoms with Crippen LogP contribution in [0, 0.1) is 0 Å². The zero-order valence-electron chi connectivity index (χ0n) is 17.9. The Kier molecular flexibility index (Phi) is 6.35. The van der Waals surface area contributed by atoms with Gasteiger partial charge in [0.05, 0.1) is 11.0 Å². The van der Waals surface area contributed by atoms with Crippen molar-refractivity contribution in [1.82, 2.24) is 4.90 Å². The number of rotatable bonds is 6. The fourth-order valence-electron chi connectivity index (χ4n) is 4.63. The van der Waals surface area contributed by atoms with Gasteiger partial charge in [-0.05, 0) is 70.6 Å². The Labute approximate surface area is 169 Å². The molecule has 2 unspecified atom stereocenters. The van der Waals surface area contributed by atoms with Gasteiger partial charge >= 0.3 is 0 Å². The molecular weight excluding hydrogens is 352 g/mol. The zero-order chi connectivity index (χ0) is 20.4. The van der Waals surface area contributed by atoms with Crippen LogP contribution in [0.3, 0.4) is 0 Å². The highest BCUT2D eigenvalue weighted by molar-refractivity contribution is 5.87. The molecule has 2 fully saturated rings. The lowest BCUT2D eigenvalue weighted by molar-refractivity contribution is -0.139. The van der Waals surface area contributed by atoms with Gasteiger partial charge in [0.25, 0.3) is 0 Å². The Balaban J connectivity index is 1.70. The minimum Gasteiger partial charge on any atom is -0.490 e. The smallest absolute Gasteiger partial charge is 0.228 e. The number of carbonyl (C=O) groups excluding carboxylic acids is 1. The third-order valence-electron chi connectivity index (χ3n) is 6.79. The van der Waals surface area contributed by atoms with Crippen LogP contribution < -0.4 is 10.5 Å². The molecule has 0 spiro atoms. The second kappa shape index (κ2) is 8.42. The van der Waals surface area contributed by atoms with Crippen molar-refractivity contribution in [3.05, 3.63) is 29.8 Å². The average Bonchev–Trinajstić information content (AvgIpc) is 2.69. The van der Waals surface area contributed by atoms with Crippen molar-refractivity contribution >= 4 is 5.91 Å². The molecule has 0 saturated carbocycles. The van der Waals surface area contributed by atoms with Crippen LogP contribution in [0.15, 0.2) is 24.3 Å². The van der Waals surface area contributed by atoms with E-state index in [4.69, 9.17) is 15.2 Å². The summed E-state index contributed by atoms with van der Waals surface area (Å²) >= 11 is 0. The van der Waals surface area contributed by atoms with Crippen molar-refractivity contribution < 1.29 is 14.3 Å². The van der Waals surface area contributed by atoms with E-state index in [0.29, 0.717) is 25.5 Å². The minimum atomic E-state index is -0.663. The van der Waals surface area contributed by atoms with Gasteiger partial charge in [0.1, 0.15) is 11.9 Å². The van der Waals surface area contributed by atoms with Crippen LogP contribution in [0.25, 0.3) is 0 Å². The van der Waals surface area contributed by atoms with Gasteiger partial charge in [-0.1, -0.05) is 19.1 Å². The first-order valence-electron chi connectivity index (χ1n) is 10.7. The van der Waals surface area contributed by atoms with Crippen LogP contribution in [-0.4, -0.2) is 48.3 Å². The minimum absolute atomic E-state index is 0.259. The molecule has 1 amide bonds. The summed E-state index contributed by atoms with van der Waals surface area (Å²) in [6.07, 6.45) is 4.48. The van der Waals surface area contributed by atoms with Crippen LogP contribution in [0.5, 0.6) is 5.75 Å². The molecule has 0 bridgehead atoms. The topological polar surface area (TPSA) is 64.8 Å². The first-order valence-corrected chi connectivity index (χ1v) is 10.7. The maximum Gasteiger partial charge on any atom is 0.228 e. The lowest BCUT2D eigenvalue weighted by Crippen LogP contribution is -2.52. The monoisotopic (exact) mass is 388 g/mol. The van der Waals surface area contributed by atoms with Crippen molar-refractivity contribution in [3.8, 4) is 5.75 Å². The van der Waals surface area contributed by atoms with E-state index in [1.54, 1.807) is 0 Å². The molecule has 1 aromatic carbocycles. The quantitative estimate of drug-likeness (QED) is 0.808.